The first kappa shape index (κ1) is 16.0. The van der Waals surface area contributed by atoms with E-state index in [1.54, 1.807) is 17.9 Å². The van der Waals surface area contributed by atoms with Crippen LogP contribution in [0.25, 0.3) is 16.7 Å². The lowest BCUT2D eigenvalue weighted by molar-refractivity contribution is 0.531. The van der Waals surface area contributed by atoms with E-state index < -0.39 is 0 Å². The third-order valence-corrected chi connectivity index (χ3v) is 4.13. The molecule has 0 bridgehead atoms. The molecule has 0 aliphatic rings. The third kappa shape index (κ3) is 2.40. The lowest BCUT2D eigenvalue weighted by Gasteiger charge is -2.10. The van der Waals surface area contributed by atoms with Crippen molar-refractivity contribution in [1.29, 1.82) is 0 Å². The summed E-state index contributed by atoms with van der Waals surface area (Å²) in [6, 6.07) is 7.67. The lowest BCUT2D eigenvalue weighted by atomic mass is 10.1. The topological polar surface area (TPSA) is 61.8 Å². The maximum atomic E-state index is 12.6. The molecule has 24 heavy (non-hydrogen) atoms. The fourth-order valence-electron chi connectivity index (χ4n) is 2.70. The number of benzene rings is 1. The fraction of sp³-hybridized carbons (Fsp3) is 0.278. The number of hydrogen-bond donors (Lipinski definition) is 0. The average Bonchev–Trinajstić information content (AvgIpc) is 2.98. The molecule has 2 heterocycles. The van der Waals surface area contributed by atoms with Crippen LogP contribution in [-0.4, -0.2) is 18.9 Å². The fourth-order valence-corrected chi connectivity index (χ4v) is 2.70. The van der Waals surface area contributed by atoms with E-state index in [1.165, 1.54) is 9.13 Å². The molecule has 2 aromatic heterocycles. The molecule has 1 aromatic carbocycles. The second-order valence-corrected chi connectivity index (χ2v) is 6.23. The summed E-state index contributed by atoms with van der Waals surface area (Å²) in [6.45, 7) is 9.70. The minimum atomic E-state index is -0.367. The Labute approximate surface area is 139 Å². The van der Waals surface area contributed by atoms with Crippen molar-refractivity contribution in [2.24, 2.45) is 7.05 Å². The van der Waals surface area contributed by atoms with Gasteiger partial charge in [-0.05, 0) is 26.3 Å². The normalized spacial score (nSPS) is 11.4. The Kier molecular flexibility index (Phi) is 3.75. The maximum absolute atomic E-state index is 12.6. The molecule has 0 atom stereocenters. The molecule has 0 aliphatic carbocycles. The first-order valence-corrected chi connectivity index (χ1v) is 7.78. The zero-order valence-corrected chi connectivity index (χ0v) is 14.3. The molecule has 0 radical (unpaired) electrons. The third-order valence-electron chi connectivity index (χ3n) is 4.13. The van der Waals surface area contributed by atoms with Gasteiger partial charge in [0.2, 0.25) is 0 Å². The Morgan fingerprint density at radius 3 is 2.38 bits per heavy atom. The Balaban J connectivity index is 2.22. The second-order valence-electron chi connectivity index (χ2n) is 6.23. The summed E-state index contributed by atoms with van der Waals surface area (Å²) in [5.74, 6) is 0. The molecule has 0 unspecified atom stereocenters. The summed E-state index contributed by atoms with van der Waals surface area (Å²) < 4.78 is 4.19. The van der Waals surface area contributed by atoms with Crippen molar-refractivity contribution in [2.75, 3.05) is 0 Å². The minimum Gasteiger partial charge on any atom is -0.279 e. The average molecular weight is 324 g/mol. The highest BCUT2D eigenvalue weighted by Crippen LogP contribution is 2.17. The van der Waals surface area contributed by atoms with E-state index in [0.29, 0.717) is 16.7 Å². The second kappa shape index (κ2) is 5.63. The van der Waals surface area contributed by atoms with E-state index >= 15 is 0 Å². The van der Waals surface area contributed by atoms with Gasteiger partial charge >= 0.3 is 5.69 Å². The standard InChI is InChI=1S/C18H20N4O2/c1-11(2)22-17(23)15-10-21(19-16(15)20(5)18(22)24)13(4)14-8-6-12(3)7-9-14/h6-11H,4H2,1-3,5H3. The number of aromatic nitrogens is 4. The highest BCUT2D eigenvalue weighted by atomic mass is 16.2. The smallest absolute Gasteiger partial charge is 0.279 e. The van der Waals surface area contributed by atoms with Crippen molar-refractivity contribution in [1.82, 2.24) is 18.9 Å². The number of rotatable bonds is 3. The Morgan fingerprint density at radius 1 is 1.17 bits per heavy atom. The summed E-state index contributed by atoms with van der Waals surface area (Å²) >= 11 is 0. The number of fused-ring (bicyclic) bond motifs is 1. The van der Waals surface area contributed by atoms with Gasteiger partial charge in [0.15, 0.2) is 5.65 Å². The molecule has 6 heteroatoms. The molecule has 0 amide bonds. The molecular formula is C18H20N4O2. The summed E-state index contributed by atoms with van der Waals surface area (Å²) in [5.41, 5.74) is 2.37. The SMILES string of the molecule is C=C(c1ccc(C)cc1)n1cc2c(=O)n(C(C)C)c(=O)n(C)c2n1. The van der Waals surface area contributed by atoms with Crippen LogP contribution in [0.2, 0.25) is 0 Å². The molecule has 0 aliphatic heterocycles. The van der Waals surface area contributed by atoms with Gasteiger partial charge in [-0.15, -0.1) is 5.10 Å². The van der Waals surface area contributed by atoms with Crippen LogP contribution in [0.1, 0.15) is 31.0 Å². The lowest BCUT2D eigenvalue weighted by Crippen LogP contribution is -2.39. The van der Waals surface area contributed by atoms with Crippen molar-refractivity contribution in [2.45, 2.75) is 26.8 Å². The molecule has 0 saturated carbocycles. The van der Waals surface area contributed by atoms with E-state index in [2.05, 4.69) is 11.7 Å². The largest absolute Gasteiger partial charge is 0.332 e. The molecule has 0 N–H and O–H groups in total. The molecule has 0 spiro atoms. The van der Waals surface area contributed by atoms with Crippen LogP contribution in [0.5, 0.6) is 0 Å². The first-order chi connectivity index (χ1) is 11.3. The van der Waals surface area contributed by atoms with Crippen molar-refractivity contribution in [3.63, 3.8) is 0 Å². The molecular weight excluding hydrogens is 304 g/mol. The van der Waals surface area contributed by atoms with Crippen molar-refractivity contribution < 1.29 is 0 Å². The van der Waals surface area contributed by atoms with Crippen LogP contribution in [0.15, 0.2) is 46.6 Å². The molecule has 6 nitrogen and oxygen atoms in total. The predicted octanol–water partition coefficient (Wildman–Crippen LogP) is 2.31. The predicted molar refractivity (Wildman–Crippen MR) is 95.2 cm³/mol. The summed E-state index contributed by atoms with van der Waals surface area (Å²) in [5, 5.41) is 4.80. The van der Waals surface area contributed by atoms with Crippen LogP contribution < -0.4 is 11.2 Å². The van der Waals surface area contributed by atoms with Crippen molar-refractivity contribution in [3.8, 4) is 0 Å². The molecule has 124 valence electrons. The van der Waals surface area contributed by atoms with Gasteiger partial charge in [0.05, 0.1) is 5.70 Å². The number of nitrogens with zero attached hydrogens (tertiary/aromatic N) is 4. The Bertz CT molecular complexity index is 1050. The van der Waals surface area contributed by atoms with E-state index in [-0.39, 0.29) is 17.3 Å². The minimum absolute atomic E-state index is 0.218. The molecule has 0 fully saturated rings. The van der Waals surface area contributed by atoms with E-state index in [0.717, 1.165) is 11.1 Å². The zero-order chi connectivity index (χ0) is 17.6. The van der Waals surface area contributed by atoms with Crippen LogP contribution >= 0.6 is 0 Å². The quantitative estimate of drug-likeness (QED) is 0.743. The van der Waals surface area contributed by atoms with Crippen molar-refractivity contribution in [3.05, 3.63) is 69.0 Å². The Morgan fingerprint density at radius 2 is 1.79 bits per heavy atom. The summed E-state index contributed by atoms with van der Waals surface area (Å²) in [4.78, 5) is 25.0. The number of hydrogen-bond acceptors (Lipinski definition) is 3. The van der Waals surface area contributed by atoms with E-state index in [4.69, 9.17) is 0 Å². The van der Waals surface area contributed by atoms with Gasteiger partial charge in [0, 0.05) is 19.3 Å². The van der Waals surface area contributed by atoms with Crippen LogP contribution in [0.3, 0.4) is 0 Å². The van der Waals surface area contributed by atoms with Crippen molar-refractivity contribution >= 4 is 16.7 Å². The van der Waals surface area contributed by atoms with Gasteiger partial charge in [0.1, 0.15) is 5.39 Å². The summed E-state index contributed by atoms with van der Waals surface area (Å²) in [7, 11) is 1.62. The van der Waals surface area contributed by atoms with Gasteiger partial charge in [-0.2, -0.15) is 0 Å². The van der Waals surface area contributed by atoms with Crippen LogP contribution in [0, 0.1) is 6.92 Å². The molecule has 3 rings (SSSR count). The first-order valence-electron chi connectivity index (χ1n) is 7.78. The van der Waals surface area contributed by atoms with E-state index in [1.807, 2.05) is 45.0 Å². The van der Waals surface area contributed by atoms with Gasteiger partial charge in [-0.3, -0.25) is 13.9 Å². The van der Waals surface area contributed by atoms with Crippen LogP contribution in [-0.2, 0) is 7.05 Å². The zero-order valence-electron chi connectivity index (χ0n) is 14.3. The maximum Gasteiger partial charge on any atom is 0.332 e. The van der Waals surface area contributed by atoms with Gasteiger partial charge in [-0.1, -0.05) is 36.4 Å². The molecule has 0 saturated heterocycles. The highest BCUT2D eigenvalue weighted by Gasteiger charge is 2.17. The summed E-state index contributed by atoms with van der Waals surface area (Å²) in [6.07, 6.45) is 1.64. The Hall–Kier alpha value is -2.89. The van der Waals surface area contributed by atoms with E-state index in [9.17, 15) is 9.59 Å². The highest BCUT2D eigenvalue weighted by molar-refractivity contribution is 5.76. The monoisotopic (exact) mass is 324 g/mol. The number of aryl methyl sites for hydroxylation is 2. The van der Waals surface area contributed by atoms with Gasteiger partial charge in [-0.25, -0.2) is 9.48 Å². The molecule has 3 aromatic rings. The van der Waals surface area contributed by atoms with Gasteiger partial charge in [0.25, 0.3) is 5.56 Å². The van der Waals surface area contributed by atoms with Gasteiger partial charge < -0.3 is 0 Å². The van der Waals surface area contributed by atoms with Crippen LogP contribution in [0.4, 0.5) is 0 Å².